The quantitative estimate of drug-likeness (QED) is 0.712. The smallest absolute Gasteiger partial charge is 0.339 e. The number of esters is 1. The lowest BCUT2D eigenvalue weighted by atomic mass is 9.62. The molecule has 0 amide bonds. The lowest BCUT2D eigenvalue weighted by molar-refractivity contribution is -0.193. The lowest BCUT2D eigenvalue weighted by Crippen LogP contribution is -2.57. The summed E-state index contributed by atoms with van der Waals surface area (Å²) >= 11 is 0. The molecular formula is C25H24F2N2O3. The van der Waals surface area contributed by atoms with Crippen LogP contribution in [0.25, 0.3) is 17.2 Å². The minimum Gasteiger partial charge on any atom is -0.460 e. The zero-order chi connectivity index (χ0) is 23.3. The standard InChI is InChI=1S/C25H24F2N2O3/c1-14-5-4-6-20(21(14)11-28)17-7-8-18(29-12-17)9-10-19-15(2)25(26,27)13-24(31)22(19)16(3)32-23(24)30/h4-10,12,15-16,19,22,31H,13H2,1-3H3/b10-9+/t15-,16+,19-,22-,24-/m0/s1. The van der Waals surface area contributed by atoms with Crippen molar-refractivity contribution in [3.05, 3.63) is 59.4 Å². The van der Waals surface area contributed by atoms with E-state index >= 15 is 0 Å². The van der Waals surface area contributed by atoms with Crippen molar-refractivity contribution in [1.82, 2.24) is 4.98 Å². The van der Waals surface area contributed by atoms with Gasteiger partial charge in [-0.05, 0) is 37.5 Å². The Hall–Kier alpha value is -3.11. The van der Waals surface area contributed by atoms with Gasteiger partial charge in [0, 0.05) is 29.2 Å². The number of nitriles is 1. The molecular weight excluding hydrogens is 414 g/mol. The molecule has 1 saturated heterocycles. The maximum atomic E-state index is 14.7. The van der Waals surface area contributed by atoms with Gasteiger partial charge >= 0.3 is 5.97 Å². The Labute approximate surface area is 185 Å². The normalized spacial score (nSPS) is 31.2. The molecule has 2 heterocycles. The SMILES string of the molecule is Cc1cccc(-c2ccc(/C=C/[C@@H]3[C@@H]4[C@@H](C)OC(=O)[C@]4(O)CC(F)(F)[C@H]3C)nc2)c1C#N. The lowest BCUT2D eigenvalue weighted by Gasteiger charge is -2.45. The number of hydrogen-bond acceptors (Lipinski definition) is 5. The number of allylic oxidation sites excluding steroid dienone is 1. The third kappa shape index (κ3) is 3.49. The highest BCUT2D eigenvalue weighted by Crippen LogP contribution is 2.54. The van der Waals surface area contributed by atoms with E-state index in [0.29, 0.717) is 11.3 Å². The van der Waals surface area contributed by atoms with Gasteiger partial charge in [-0.3, -0.25) is 4.98 Å². The molecule has 1 aliphatic carbocycles. The molecule has 1 N–H and O–H groups in total. The highest BCUT2D eigenvalue weighted by Gasteiger charge is 2.67. The summed E-state index contributed by atoms with van der Waals surface area (Å²) in [5.41, 5.74) is 1.35. The number of hydrogen-bond donors (Lipinski definition) is 1. The first kappa shape index (κ1) is 22.1. The maximum Gasteiger partial charge on any atom is 0.339 e. The van der Waals surface area contributed by atoms with E-state index < -0.39 is 47.8 Å². The van der Waals surface area contributed by atoms with Gasteiger partial charge < -0.3 is 9.84 Å². The first-order valence-electron chi connectivity index (χ1n) is 10.5. The Morgan fingerprint density at radius 2 is 2.03 bits per heavy atom. The number of aromatic nitrogens is 1. The number of alkyl halides is 2. The van der Waals surface area contributed by atoms with Crippen molar-refractivity contribution in [2.45, 2.75) is 44.8 Å². The molecule has 0 radical (unpaired) electrons. The molecule has 4 rings (SSSR count). The number of ether oxygens (including phenoxy) is 1. The fraction of sp³-hybridized carbons (Fsp3) is 0.400. The molecule has 5 atom stereocenters. The van der Waals surface area contributed by atoms with E-state index in [-0.39, 0.29) is 0 Å². The third-order valence-electron chi connectivity index (χ3n) is 6.84. The van der Waals surface area contributed by atoms with E-state index in [0.717, 1.165) is 16.7 Å². The molecule has 5 nitrogen and oxygen atoms in total. The second-order valence-corrected chi connectivity index (χ2v) is 8.80. The van der Waals surface area contributed by atoms with Crippen LogP contribution in [0.15, 0.2) is 42.6 Å². The van der Waals surface area contributed by atoms with Crippen LogP contribution in [0, 0.1) is 36.0 Å². The first-order valence-corrected chi connectivity index (χ1v) is 10.5. The number of fused-ring (bicyclic) bond motifs is 1. The van der Waals surface area contributed by atoms with Gasteiger partial charge in [0.25, 0.3) is 5.92 Å². The van der Waals surface area contributed by atoms with Gasteiger partial charge in [0.2, 0.25) is 0 Å². The van der Waals surface area contributed by atoms with E-state index in [1.807, 2.05) is 31.2 Å². The van der Waals surface area contributed by atoms with E-state index in [4.69, 9.17) is 4.74 Å². The summed E-state index contributed by atoms with van der Waals surface area (Å²) in [6.45, 7) is 4.92. The Bertz CT molecular complexity index is 1120. The number of carbonyl (C=O) groups excluding carboxylic acids is 1. The van der Waals surface area contributed by atoms with Crippen LogP contribution in [-0.4, -0.2) is 33.7 Å². The van der Waals surface area contributed by atoms with Crippen LogP contribution in [0.1, 0.15) is 37.1 Å². The van der Waals surface area contributed by atoms with Gasteiger partial charge in [-0.1, -0.05) is 37.3 Å². The summed E-state index contributed by atoms with van der Waals surface area (Å²) in [5.74, 6) is -6.79. The molecule has 1 aliphatic heterocycles. The largest absolute Gasteiger partial charge is 0.460 e. The summed E-state index contributed by atoms with van der Waals surface area (Å²) in [4.78, 5) is 16.5. The van der Waals surface area contributed by atoms with Crippen LogP contribution in [-0.2, 0) is 9.53 Å². The van der Waals surface area contributed by atoms with Gasteiger partial charge in [0.15, 0.2) is 5.60 Å². The Balaban J connectivity index is 1.63. The number of nitrogens with zero attached hydrogens (tertiary/aromatic N) is 2. The molecule has 1 aromatic carbocycles. The number of cyclic esters (lactones) is 1. The van der Waals surface area contributed by atoms with Gasteiger partial charge in [-0.25, -0.2) is 13.6 Å². The van der Waals surface area contributed by atoms with Crippen LogP contribution in [0.2, 0.25) is 0 Å². The van der Waals surface area contributed by atoms with Crippen LogP contribution < -0.4 is 0 Å². The highest BCUT2D eigenvalue weighted by atomic mass is 19.3. The van der Waals surface area contributed by atoms with Crippen molar-refractivity contribution in [3.8, 4) is 17.2 Å². The number of carbonyl (C=O) groups is 1. The highest BCUT2D eigenvalue weighted by molar-refractivity contribution is 5.83. The Morgan fingerprint density at radius 3 is 2.69 bits per heavy atom. The molecule has 2 fully saturated rings. The molecule has 1 saturated carbocycles. The summed E-state index contributed by atoms with van der Waals surface area (Å²) in [7, 11) is 0. The summed E-state index contributed by atoms with van der Waals surface area (Å²) < 4.78 is 34.5. The van der Waals surface area contributed by atoms with Crippen molar-refractivity contribution in [3.63, 3.8) is 0 Å². The van der Waals surface area contributed by atoms with E-state index in [1.54, 1.807) is 31.3 Å². The average molecular weight is 438 g/mol. The van der Waals surface area contributed by atoms with Crippen molar-refractivity contribution in [1.29, 1.82) is 5.26 Å². The van der Waals surface area contributed by atoms with E-state index in [9.17, 15) is 23.9 Å². The number of aliphatic hydroxyl groups is 1. The molecule has 0 spiro atoms. The van der Waals surface area contributed by atoms with Crippen molar-refractivity contribution < 1.29 is 23.4 Å². The molecule has 0 unspecified atom stereocenters. The minimum atomic E-state index is -3.21. The van der Waals surface area contributed by atoms with E-state index in [1.165, 1.54) is 6.92 Å². The second-order valence-electron chi connectivity index (χ2n) is 8.80. The number of pyridine rings is 1. The number of benzene rings is 1. The Kier molecular flexibility index (Phi) is 5.38. The molecule has 166 valence electrons. The Morgan fingerprint density at radius 1 is 1.28 bits per heavy atom. The van der Waals surface area contributed by atoms with Crippen molar-refractivity contribution >= 4 is 12.0 Å². The summed E-state index contributed by atoms with van der Waals surface area (Å²) in [6.07, 6.45) is 3.27. The zero-order valence-corrected chi connectivity index (χ0v) is 18.0. The van der Waals surface area contributed by atoms with Crippen LogP contribution in [0.4, 0.5) is 8.78 Å². The molecule has 7 heteroatoms. The molecule has 1 aromatic heterocycles. The summed E-state index contributed by atoms with van der Waals surface area (Å²) in [6, 6.07) is 11.4. The third-order valence-corrected chi connectivity index (χ3v) is 6.84. The number of aryl methyl sites for hydroxylation is 1. The van der Waals surface area contributed by atoms with Crippen LogP contribution in [0.3, 0.4) is 0 Å². The molecule has 2 aliphatic rings. The first-order chi connectivity index (χ1) is 15.1. The van der Waals surface area contributed by atoms with Gasteiger partial charge in [-0.15, -0.1) is 0 Å². The molecule has 2 aromatic rings. The topological polar surface area (TPSA) is 83.2 Å². The average Bonchev–Trinajstić information content (AvgIpc) is 2.96. The summed E-state index contributed by atoms with van der Waals surface area (Å²) in [5, 5.41) is 20.2. The predicted octanol–water partition coefficient (Wildman–Crippen LogP) is 4.53. The van der Waals surface area contributed by atoms with E-state index in [2.05, 4.69) is 11.1 Å². The second kappa shape index (κ2) is 7.79. The maximum absolute atomic E-state index is 14.7. The fourth-order valence-corrected chi connectivity index (χ4v) is 5.02. The van der Waals surface area contributed by atoms with Crippen LogP contribution >= 0.6 is 0 Å². The van der Waals surface area contributed by atoms with Gasteiger partial charge in [-0.2, -0.15) is 5.26 Å². The molecule has 0 bridgehead atoms. The number of rotatable bonds is 3. The van der Waals surface area contributed by atoms with Gasteiger partial charge in [0.05, 0.1) is 17.7 Å². The van der Waals surface area contributed by atoms with Gasteiger partial charge in [0.1, 0.15) is 12.2 Å². The van der Waals surface area contributed by atoms with Crippen molar-refractivity contribution in [2.75, 3.05) is 0 Å². The number of halogens is 2. The van der Waals surface area contributed by atoms with Crippen molar-refractivity contribution in [2.24, 2.45) is 17.8 Å². The molecule has 32 heavy (non-hydrogen) atoms. The minimum absolute atomic E-state index is 0.544. The zero-order valence-electron chi connectivity index (χ0n) is 18.0. The van der Waals surface area contributed by atoms with Crippen LogP contribution in [0.5, 0.6) is 0 Å². The monoisotopic (exact) mass is 438 g/mol. The fourth-order valence-electron chi connectivity index (χ4n) is 5.02. The predicted molar refractivity (Wildman–Crippen MR) is 114 cm³/mol.